The number of rotatable bonds is 6. The summed E-state index contributed by atoms with van der Waals surface area (Å²) in [6.45, 7) is 8.66. The molecular weight excluding hydrogens is 354 g/mol. The highest BCUT2D eigenvalue weighted by Gasteiger charge is 2.26. The SMILES string of the molecule is CCN(CC)C(=O)c1cn(C2CCN(C(=O)Cc3ccccc3C)CC2)nn1. The number of piperidine rings is 1. The van der Waals surface area contributed by atoms with Crippen molar-refractivity contribution in [2.75, 3.05) is 26.2 Å². The molecule has 0 N–H and O–H groups in total. The molecule has 3 rings (SSSR count). The van der Waals surface area contributed by atoms with Gasteiger partial charge in [-0.1, -0.05) is 29.5 Å². The Balaban J connectivity index is 1.56. The average Bonchev–Trinajstić information content (AvgIpc) is 3.21. The quantitative estimate of drug-likeness (QED) is 0.768. The van der Waals surface area contributed by atoms with Gasteiger partial charge in [0.05, 0.1) is 18.7 Å². The molecule has 0 saturated carbocycles. The zero-order chi connectivity index (χ0) is 20.1. The van der Waals surface area contributed by atoms with E-state index >= 15 is 0 Å². The van der Waals surface area contributed by atoms with Crippen molar-refractivity contribution in [3.63, 3.8) is 0 Å². The number of aromatic nitrogens is 3. The lowest BCUT2D eigenvalue weighted by Gasteiger charge is -2.32. The van der Waals surface area contributed by atoms with E-state index in [1.165, 1.54) is 0 Å². The van der Waals surface area contributed by atoms with E-state index in [-0.39, 0.29) is 17.9 Å². The van der Waals surface area contributed by atoms with E-state index in [0.29, 0.717) is 38.3 Å². The van der Waals surface area contributed by atoms with Crippen LogP contribution in [0, 0.1) is 6.92 Å². The third kappa shape index (κ3) is 4.40. The lowest BCUT2D eigenvalue weighted by Crippen LogP contribution is -2.40. The number of hydrogen-bond donors (Lipinski definition) is 0. The van der Waals surface area contributed by atoms with Crippen LogP contribution in [0.1, 0.15) is 54.3 Å². The van der Waals surface area contributed by atoms with Gasteiger partial charge < -0.3 is 9.80 Å². The summed E-state index contributed by atoms with van der Waals surface area (Å²) in [6.07, 6.45) is 3.84. The van der Waals surface area contributed by atoms with Gasteiger partial charge in [0.15, 0.2) is 5.69 Å². The standard InChI is InChI=1S/C21H29N5O2/c1-4-24(5-2)21(28)19-15-26(23-22-19)18-10-12-25(13-11-18)20(27)14-17-9-7-6-8-16(17)3/h6-9,15,18H,4-5,10-14H2,1-3H3. The summed E-state index contributed by atoms with van der Waals surface area (Å²) < 4.78 is 1.79. The Bertz CT molecular complexity index is 820. The van der Waals surface area contributed by atoms with Crippen molar-refractivity contribution in [3.05, 3.63) is 47.3 Å². The average molecular weight is 383 g/mol. The van der Waals surface area contributed by atoms with Crippen LogP contribution >= 0.6 is 0 Å². The number of nitrogens with zero attached hydrogens (tertiary/aromatic N) is 5. The predicted octanol–water partition coefficient (Wildman–Crippen LogP) is 2.47. The maximum Gasteiger partial charge on any atom is 0.276 e. The topological polar surface area (TPSA) is 71.3 Å². The first-order chi connectivity index (χ1) is 13.5. The Morgan fingerprint density at radius 2 is 1.82 bits per heavy atom. The van der Waals surface area contributed by atoms with Gasteiger partial charge >= 0.3 is 0 Å². The van der Waals surface area contributed by atoms with Crippen molar-refractivity contribution in [2.24, 2.45) is 0 Å². The second kappa shape index (κ2) is 8.99. The van der Waals surface area contributed by atoms with E-state index < -0.39 is 0 Å². The molecule has 1 aliphatic rings. The molecule has 1 aromatic carbocycles. The summed E-state index contributed by atoms with van der Waals surface area (Å²) in [4.78, 5) is 28.7. The molecule has 150 valence electrons. The second-order valence-electron chi connectivity index (χ2n) is 7.28. The zero-order valence-electron chi connectivity index (χ0n) is 17.0. The molecule has 2 amide bonds. The van der Waals surface area contributed by atoms with Crippen molar-refractivity contribution in [1.29, 1.82) is 0 Å². The molecule has 0 unspecified atom stereocenters. The van der Waals surface area contributed by atoms with Gasteiger partial charge in [0.2, 0.25) is 5.91 Å². The maximum atomic E-state index is 12.6. The lowest BCUT2D eigenvalue weighted by atomic mass is 10.0. The molecule has 7 heteroatoms. The van der Waals surface area contributed by atoms with Gasteiger partial charge in [0, 0.05) is 26.2 Å². The molecule has 2 aromatic rings. The number of hydrogen-bond acceptors (Lipinski definition) is 4. The van der Waals surface area contributed by atoms with Gasteiger partial charge in [0.25, 0.3) is 5.91 Å². The van der Waals surface area contributed by atoms with Gasteiger partial charge in [0.1, 0.15) is 0 Å². The minimum atomic E-state index is -0.0814. The third-order valence-corrected chi connectivity index (χ3v) is 5.57. The van der Waals surface area contributed by atoms with E-state index in [2.05, 4.69) is 10.3 Å². The first-order valence-electron chi connectivity index (χ1n) is 10.1. The number of carbonyl (C=O) groups is 2. The van der Waals surface area contributed by atoms with Crippen LogP contribution in [-0.4, -0.2) is 62.8 Å². The number of amides is 2. The van der Waals surface area contributed by atoms with Gasteiger partial charge in [-0.2, -0.15) is 0 Å². The fourth-order valence-corrected chi connectivity index (χ4v) is 3.69. The summed E-state index contributed by atoms with van der Waals surface area (Å²) in [7, 11) is 0. The van der Waals surface area contributed by atoms with Crippen LogP contribution in [0.4, 0.5) is 0 Å². The summed E-state index contributed by atoms with van der Waals surface area (Å²) in [5.41, 5.74) is 2.63. The third-order valence-electron chi connectivity index (χ3n) is 5.57. The molecule has 1 saturated heterocycles. The second-order valence-corrected chi connectivity index (χ2v) is 7.28. The molecule has 1 fully saturated rings. The Morgan fingerprint density at radius 3 is 2.46 bits per heavy atom. The Morgan fingerprint density at radius 1 is 1.14 bits per heavy atom. The van der Waals surface area contributed by atoms with Crippen LogP contribution in [0.2, 0.25) is 0 Å². The Hall–Kier alpha value is -2.70. The summed E-state index contributed by atoms with van der Waals surface area (Å²) >= 11 is 0. The highest BCUT2D eigenvalue weighted by molar-refractivity contribution is 5.91. The molecule has 0 bridgehead atoms. The van der Waals surface area contributed by atoms with Gasteiger partial charge in [-0.25, -0.2) is 4.68 Å². The molecule has 7 nitrogen and oxygen atoms in total. The van der Waals surface area contributed by atoms with Crippen molar-refractivity contribution < 1.29 is 9.59 Å². The van der Waals surface area contributed by atoms with Gasteiger partial charge in [-0.3, -0.25) is 9.59 Å². The largest absolute Gasteiger partial charge is 0.342 e. The van der Waals surface area contributed by atoms with Crippen LogP contribution in [0.5, 0.6) is 0 Å². The highest BCUT2D eigenvalue weighted by atomic mass is 16.2. The van der Waals surface area contributed by atoms with Gasteiger partial charge in [-0.05, 0) is 44.7 Å². The van der Waals surface area contributed by atoms with E-state index in [4.69, 9.17) is 0 Å². The summed E-state index contributed by atoms with van der Waals surface area (Å²) in [6, 6.07) is 8.20. The first-order valence-corrected chi connectivity index (χ1v) is 10.1. The van der Waals surface area contributed by atoms with Crippen LogP contribution in [0.15, 0.2) is 30.5 Å². The molecule has 1 aromatic heterocycles. The molecule has 2 heterocycles. The molecule has 1 aliphatic heterocycles. The predicted molar refractivity (Wildman–Crippen MR) is 107 cm³/mol. The van der Waals surface area contributed by atoms with Crippen LogP contribution in [-0.2, 0) is 11.2 Å². The smallest absolute Gasteiger partial charge is 0.276 e. The van der Waals surface area contributed by atoms with Gasteiger partial charge in [-0.15, -0.1) is 5.10 Å². The molecule has 0 aliphatic carbocycles. The Kier molecular flexibility index (Phi) is 6.44. The number of carbonyl (C=O) groups excluding carboxylic acids is 2. The first kappa shape index (κ1) is 20.0. The summed E-state index contributed by atoms with van der Waals surface area (Å²) in [5.74, 6) is 0.0887. The minimum absolute atomic E-state index is 0.0814. The van der Waals surface area contributed by atoms with Crippen LogP contribution < -0.4 is 0 Å². The fourth-order valence-electron chi connectivity index (χ4n) is 3.69. The zero-order valence-corrected chi connectivity index (χ0v) is 17.0. The van der Waals surface area contributed by atoms with E-state index in [0.717, 1.165) is 24.0 Å². The summed E-state index contributed by atoms with van der Waals surface area (Å²) in [5, 5.41) is 8.25. The maximum absolute atomic E-state index is 12.6. The molecule has 0 radical (unpaired) electrons. The van der Waals surface area contributed by atoms with Crippen molar-refractivity contribution in [1.82, 2.24) is 24.8 Å². The monoisotopic (exact) mass is 383 g/mol. The van der Waals surface area contributed by atoms with Crippen molar-refractivity contribution >= 4 is 11.8 Å². The highest BCUT2D eigenvalue weighted by Crippen LogP contribution is 2.23. The molecular formula is C21H29N5O2. The number of aryl methyl sites for hydroxylation is 1. The molecule has 28 heavy (non-hydrogen) atoms. The van der Waals surface area contributed by atoms with Crippen LogP contribution in [0.3, 0.4) is 0 Å². The van der Waals surface area contributed by atoms with Crippen molar-refractivity contribution in [2.45, 2.75) is 46.1 Å². The molecule has 0 spiro atoms. The molecule has 0 atom stereocenters. The van der Waals surface area contributed by atoms with E-state index in [1.54, 1.807) is 15.8 Å². The lowest BCUT2D eigenvalue weighted by molar-refractivity contribution is -0.131. The number of likely N-dealkylation sites (tertiary alicyclic amines) is 1. The van der Waals surface area contributed by atoms with E-state index in [1.807, 2.05) is 49.9 Å². The van der Waals surface area contributed by atoms with Crippen LogP contribution in [0.25, 0.3) is 0 Å². The number of benzene rings is 1. The fraction of sp³-hybridized carbons (Fsp3) is 0.524. The Labute approximate surface area is 166 Å². The van der Waals surface area contributed by atoms with E-state index in [9.17, 15) is 9.59 Å². The van der Waals surface area contributed by atoms with Crippen molar-refractivity contribution in [3.8, 4) is 0 Å². The normalized spacial score (nSPS) is 14.9. The minimum Gasteiger partial charge on any atom is -0.342 e.